The Morgan fingerprint density at radius 2 is 1.83 bits per heavy atom. The van der Waals surface area contributed by atoms with Gasteiger partial charge in [-0.2, -0.15) is 0 Å². The van der Waals surface area contributed by atoms with Crippen LogP contribution in [0.1, 0.15) is 26.5 Å². The minimum atomic E-state index is -0.351. The smallest absolute Gasteiger partial charge is 0.291 e. The van der Waals surface area contributed by atoms with E-state index in [9.17, 15) is 9.59 Å². The maximum absolute atomic E-state index is 12.8. The number of halogens is 1. The number of carbonyl (C=O) groups excluding carboxylic acids is 2. The van der Waals surface area contributed by atoms with Crippen molar-refractivity contribution in [1.29, 1.82) is 0 Å². The third-order valence-corrected chi connectivity index (χ3v) is 5.94. The monoisotopic (exact) mass is 468 g/mol. The lowest BCUT2D eigenvalue weighted by Crippen LogP contribution is -2.26. The molecule has 0 bridgehead atoms. The second kappa shape index (κ2) is 8.23. The first-order valence-corrected chi connectivity index (χ1v) is 10.6. The fourth-order valence-corrected chi connectivity index (χ4v) is 4.29. The molecule has 5 nitrogen and oxygen atoms in total. The fourth-order valence-electron chi connectivity index (χ4n) is 3.03. The van der Waals surface area contributed by atoms with E-state index < -0.39 is 0 Å². The van der Waals surface area contributed by atoms with Crippen LogP contribution in [0.15, 0.2) is 75.1 Å². The van der Waals surface area contributed by atoms with Gasteiger partial charge in [-0.1, -0.05) is 18.2 Å². The number of hydrogen-bond acceptors (Lipinski definition) is 4. The molecule has 4 rings (SSSR count). The summed E-state index contributed by atoms with van der Waals surface area (Å²) in [5.41, 5.74) is 2.28. The third kappa shape index (κ3) is 4.26. The highest BCUT2D eigenvalue weighted by Crippen LogP contribution is 2.27. The SMILES string of the molecule is CN(Cc1csc2ccccc12)C(=O)c1ccc(NC(=O)c2ccc(Br)o2)cc1. The predicted octanol–water partition coefficient (Wildman–Crippen LogP) is 5.78. The van der Waals surface area contributed by atoms with E-state index in [1.54, 1.807) is 59.7 Å². The molecule has 0 aliphatic heterocycles. The number of fused-ring (bicyclic) bond motifs is 1. The van der Waals surface area contributed by atoms with Gasteiger partial charge in [0.25, 0.3) is 11.8 Å². The third-order valence-electron chi connectivity index (χ3n) is 4.50. The summed E-state index contributed by atoms with van der Waals surface area (Å²) in [4.78, 5) is 26.6. The Labute approximate surface area is 180 Å². The number of thiophene rings is 1. The number of anilines is 1. The Morgan fingerprint density at radius 3 is 2.55 bits per heavy atom. The van der Waals surface area contributed by atoms with Gasteiger partial charge in [0.05, 0.1) is 0 Å². The largest absolute Gasteiger partial charge is 0.444 e. The highest BCUT2D eigenvalue weighted by atomic mass is 79.9. The van der Waals surface area contributed by atoms with Crippen molar-refractivity contribution < 1.29 is 14.0 Å². The number of carbonyl (C=O) groups is 2. The van der Waals surface area contributed by atoms with Crippen LogP contribution in [0.3, 0.4) is 0 Å². The normalized spacial score (nSPS) is 10.8. The molecule has 0 radical (unpaired) electrons. The van der Waals surface area contributed by atoms with Gasteiger partial charge < -0.3 is 14.6 Å². The number of amides is 2. The van der Waals surface area contributed by atoms with Gasteiger partial charge in [-0.15, -0.1) is 11.3 Å². The molecule has 2 amide bonds. The highest BCUT2D eigenvalue weighted by Gasteiger charge is 2.15. The second-order valence-corrected chi connectivity index (χ2v) is 8.25. The second-order valence-electron chi connectivity index (χ2n) is 6.55. The van der Waals surface area contributed by atoms with Crippen molar-refractivity contribution in [3.8, 4) is 0 Å². The van der Waals surface area contributed by atoms with Gasteiger partial charge in [0.1, 0.15) is 0 Å². The van der Waals surface area contributed by atoms with Crippen molar-refractivity contribution in [2.75, 3.05) is 12.4 Å². The van der Waals surface area contributed by atoms with E-state index >= 15 is 0 Å². The van der Waals surface area contributed by atoms with Crippen LogP contribution in [0.2, 0.25) is 0 Å². The summed E-state index contributed by atoms with van der Waals surface area (Å²) in [6.45, 7) is 0.536. The molecular weight excluding hydrogens is 452 g/mol. The van der Waals surface area contributed by atoms with E-state index in [4.69, 9.17) is 4.42 Å². The highest BCUT2D eigenvalue weighted by molar-refractivity contribution is 9.10. The van der Waals surface area contributed by atoms with E-state index in [-0.39, 0.29) is 17.6 Å². The molecule has 0 aliphatic rings. The quantitative estimate of drug-likeness (QED) is 0.403. The Balaban J connectivity index is 1.42. The summed E-state index contributed by atoms with van der Waals surface area (Å²) in [6, 6.07) is 18.2. The topological polar surface area (TPSA) is 62.6 Å². The summed E-state index contributed by atoms with van der Waals surface area (Å²) in [5.74, 6) is -0.218. The zero-order chi connectivity index (χ0) is 20.4. The lowest BCUT2D eigenvalue weighted by molar-refractivity contribution is 0.0785. The molecule has 4 aromatic rings. The molecule has 146 valence electrons. The first kappa shape index (κ1) is 19.4. The van der Waals surface area contributed by atoms with Crippen molar-refractivity contribution in [2.24, 2.45) is 0 Å². The molecule has 2 heterocycles. The molecular formula is C22H17BrN2O3S. The van der Waals surface area contributed by atoms with Crippen molar-refractivity contribution in [3.63, 3.8) is 0 Å². The summed E-state index contributed by atoms with van der Waals surface area (Å²) < 4.78 is 6.94. The van der Waals surface area contributed by atoms with Crippen LogP contribution in [0, 0.1) is 0 Å². The molecule has 0 saturated carbocycles. The van der Waals surface area contributed by atoms with Crippen molar-refractivity contribution in [2.45, 2.75) is 6.54 Å². The molecule has 0 aliphatic carbocycles. The van der Waals surface area contributed by atoms with Crippen LogP contribution in [0.5, 0.6) is 0 Å². The Kier molecular flexibility index (Phi) is 5.51. The maximum atomic E-state index is 12.8. The first-order valence-electron chi connectivity index (χ1n) is 8.88. The van der Waals surface area contributed by atoms with Crippen LogP contribution in [-0.4, -0.2) is 23.8 Å². The number of furan rings is 1. The molecule has 29 heavy (non-hydrogen) atoms. The van der Waals surface area contributed by atoms with Crippen molar-refractivity contribution >= 4 is 54.9 Å². The Morgan fingerprint density at radius 1 is 1.07 bits per heavy atom. The zero-order valence-electron chi connectivity index (χ0n) is 15.5. The molecule has 2 aromatic heterocycles. The van der Waals surface area contributed by atoms with Gasteiger partial charge in [0.2, 0.25) is 0 Å². The minimum absolute atomic E-state index is 0.0758. The molecule has 2 aromatic carbocycles. The number of hydrogen-bond donors (Lipinski definition) is 1. The zero-order valence-corrected chi connectivity index (χ0v) is 17.9. The average Bonchev–Trinajstić information content (AvgIpc) is 3.35. The predicted molar refractivity (Wildman–Crippen MR) is 118 cm³/mol. The molecule has 0 atom stereocenters. The number of nitrogens with zero attached hydrogens (tertiary/aromatic N) is 1. The summed E-state index contributed by atoms with van der Waals surface area (Å²) in [7, 11) is 1.79. The molecule has 0 fully saturated rings. The van der Waals surface area contributed by atoms with E-state index in [1.807, 2.05) is 12.1 Å². The average molecular weight is 469 g/mol. The number of rotatable bonds is 5. The van der Waals surface area contributed by atoms with Crippen LogP contribution < -0.4 is 5.32 Å². The van der Waals surface area contributed by atoms with Crippen molar-refractivity contribution in [1.82, 2.24) is 4.90 Å². The number of benzene rings is 2. The lowest BCUT2D eigenvalue weighted by Gasteiger charge is -2.17. The summed E-state index contributed by atoms with van der Waals surface area (Å²) >= 11 is 4.85. The molecule has 0 saturated heterocycles. The standard InChI is InChI=1S/C22H17BrN2O3S/c1-25(12-15-13-29-19-5-3-2-4-17(15)19)22(27)14-6-8-16(9-7-14)24-21(26)18-10-11-20(23)28-18/h2-11,13H,12H2,1H3,(H,24,26). The van der Waals surface area contributed by atoms with E-state index in [0.29, 0.717) is 22.5 Å². The lowest BCUT2D eigenvalue weighted by atomic mass is 10.1. The fraction of sp³-hybridized carbons (Fsp3) is 0.0909. The van der Waals surface area contributed by atoms with Crippen molar-refractivity contribution in [3.05, 3.63) is 87.6 Å². The first-order chi connectivity index (χ1) is 14.0. The van der Waals surface area contributed by atoms with Crippen LogP contribution in [-0.2, 0) is 6.54 Å². The summed E-state index contributed by atoms with van der Waals surface area (Å²) in [6.07, 6.45) is 0. The molecule has 0 unspecified atom stereocenters. The molecule has 1 N–H and O–H groups in total. The Hall–Kier alpha value is -2.90. The molecule has 7 heteroatoms. The summed E-state index contributed by atoms with van der Waals surface area (Å²) in [5, 5.41) is 6.02. The van der Waals surface area contributed by atoms with E-state index in [2.05, 4.69) is 38.8 Å². The number of nitrogens with one attached hydrogen (secondary N) is 1. The van der Waals surface area contributed by atoms with Gasteiger partial charge in [-0.3, -0.25) is 9.59 Å². The van der Waals surface area contributed by atoms with E-state index in [0.717, 1.165) is 5.56 Å². The van der Waals surface area contributed by atoms with Crippen LogP contribution in [0.25, 0.3) is 10.1 Å². The maximum Gasteiger partial charge on any atom is 0.291 e. The minimum Gasteiger partial charge on any atom is -0.444 e. The van der Waals surface area contributed by atoms with Gasteiger partial charge in [-0.05, 0) is 74.7 Å². The van der Waals surface area contributed by atoms with Gasteiger partial charge >= 0.3 is 0 Å². The van der Waals surface area contributed by atoms with Crippen LogP contribution in [0.4, 0.5) is 5.69 Å². The van der Waals surface area contributed by atoms with E-state index in [1.165, 1.54) is 10.1 Å². The van der Waals surface area contributed by atoms with Gasteiger partial charge in [-0.25, -0.2) is 0 Å². The van der Waals surface area contributed by atoms with Gasteiger partial charge in [0.15, 0.2) is 10.4 Å². The Bertz CT molecular complexity index is 1180. The molecule has 0 spiro atoms. The van der Waals surface area contributed by atoms with Crippen LogP contribution >= 0.6 is 27.3 Å². The van der Waals surface area contributed by atoms with Gasteiger partial charge in [0, 0.05) is 29.5 Å².